The highest BCUT2D eigenvalue weighted by atomic mass is 16.7. The van der Waals surface area contributed by atoms with Crippen molar-refractivity contribution in [2.24, 2.45) is 0 Å². The molecule has 4 atom stereocenters. The summed E-state index contributed by atoms with van der Waals surface area (Å²) in [7, 11) is 0. The molecule has 0 unspecified atom stereocenters. The Labute approximate surface area is 131 Å². The minimum Gasteiger partial charge on any atom is -0.394 e. The molecular formula is C17H26O5. The van der Waals surface area contributed by atoms with Crippen molar-refractivity contribution in [3.8, 4) is 0 Å². The van der Waals surface area contributed by atoms with Crippen LogP contribution in [0.3, 0.4) is 0 Å². The Morgan fingerprint density at radius 2 is 1.86 bits per heavy atom. The van der Waals surface area contributed by atoms with Gasteiger partial charge in [0.2, 0.25) is 0 Å². The van der Waals surface area contributed by atoms with Crippen LogP contribution in [0.2, 0.25) is 0 Å². The Bertz CT molecular complexity index is 420. The van der Waals surface area contributed by atoms with E-state index in [-0.39, 0.29) is 12.7 Å². The molecule has 0 spiro atoms. The van der Waals surface area contributed by atoms with Crippen molar-refractivity contribution in [2.45, 2.75) is 64.0 Å². The zero-order valence-corrected chi connectivity index (χ0v) is 13.2. The van der Waals surface area contributed by atoms with Crippen LogP contribution in [0.25, 0.3) is 0 Å². The van der Waals surface area contributed by atoms with E-state index in [1.165, 1.54) is 0 Å². The topological polar surface area (TPSA) is 68.2 Å². The van der Waals surface area contributed by atoms with Gasteiger partial charge in [-0.1, -0.05) is 44.2 Å². The Balaban J connectivity index is 1.99. The van der Waals surface area contributed by atoms with Crippen molar-refractivity contribution >= 4 is 0 Å². The van der Waals surface area contributed by atoms with Gasteiger partial charge in [0.05, 0.1) is 19.3 Å². The molecule has 1 aromatic rings. The maximum atomic E-state index is 10.3. The van der Waals surface area contributed by atoms with Gasteiger partial charge in [0.1, 0.15) is 18.3 Å². The van der Waals surface area contributed by atoms with E-state index in [2.05, 4.69) is 0 Å². The zero-order chi connectivity index (χ0) is 15.9. The quantitative estimate of drug-likeness (QED) is 0.767. The average molecular weight is 310 g/mol. The van der Waals surface area contributed by atoms with E-state index in [1.54, 1.807) is 0 Å². The molecule has 5 heteroatoms. The number of hydrogen-bond donors (Lipinski definition) is 2. The van der Waals surface area contributed by atoms with Crippen molar-refractivity contribution in [3.63, 3.8) is 0 Å². The first kappa shape index (κ1) is 17.4. The molecule has 0 bridgehead atoms. The summed E-state index contributed by atoms with van der Waals surface area (Å²) >= 11 is 0. The van der Waals surface area contributed by atoms with E-state index in [9.17, 15) is 10.2 Å². The van der Waals surface area contributed by atoms with E-state index in [1.807, 2.05) is 44.2 Å². The summed E-state index contributed by atoms with van der Waals surface area (Å²) in [5, 5.41) is 19.6. The smallest absolute Gasteiger partial charge is 0.187 e. The first-order valence-electron chi connectivity index (χ1n) is 7.94. The highest BCUT2D eigenvalue weighted by molar-refractivity contribution is 5.13. The minimum absolute atomic E-state index is 0.0449. The number of benzene rings is 1. The Morgan fingerprint density at radius 1 is 1.18 bits per heavy atom. The molecule has 5 nitrogen and oxygen atoms in total. The lowest BCUT2D eigenvalue weighted by atomic mass is 10.1. The van der Waals surface area contributed by atoms with Crippen molar-refractivity contribution < 1.29 is 24.4 Å². The van der Waals surface area contributed by atoms with Crippen LogP contribution in [-0.4, -0.2) is 47.5 Å². The molecule has 0 aliphatic carbocycles. The van der Waals surface area contributed by atoms with Crippen LogP contribution in [0.15, 0.2) is 30.3 Å². The van der Waals surface area contributed by atoms with Gasteiger partial charge in [0, 0.05) is 0 Å². The molecular weight excluding hydrogens is 284 g/mol. The maximum Gasteiger partial charge on any atom is 0.187 e. The molecule has 1 saturated heterocycles. The van der Waals surface area contributed by atoms with E-state index in [0.717, 1.165) is 18.4 Å². The van der Waals surface area contributed by atoms with Crippen molar-refractivity contribution in [2.75, 3.05) is 6.61 Å². The van der Waals surface area contributed by atoms with Crippen LogP contribution < -0.4 is 0 Å². The summed E-state index contributed by atoms with van der Waals surface area (Å²) in [4.78, 5) is 0. The summed E-state index contributed by atoms with van der Waals surface area (Å²) in [6, 6.07) is 9.76. The van der Waals surface area contributed by atoms with Gasteiger partial charge in [-0.05, 0) is 18.4 Å². The van der Waals surface area contributed by atoms with Gasteiger partial charge in [-0.15, -0.1) is 0 Å². The lowest BCUT2D eigenvalue weighted by molar-refractivity contribution is -0.196. The van der Waals surface area contributed by atoms with Gasteiger partial charge >= 0.3 is 0 Å². The third kappa shape index (κ3) is 4.27. The van der Waals surface area contributed by atoms with Crippen LogP contribution in [0.1, 0.15) is 32.3 Å². The third-order valence-corrected chi connectivity index (χ3v) is 3.99. The fourth-order valence-electron chi connectivity index (χ4n) is 2.59. The Hall–Kier alpha value is -0.980. The van der Waals surface area contributed by atoms with E-state index in [0.29, 0.717) is 6.61 Å². The average Bonchev–Trinajstić information content (AvgIpc) is 2.87. The maximum absolute atomic E-state index is 10.3. The van der Waals surface area contributed by atoms with Crippen LogP contribution >= 0.6 is 0 Å². The normalized spacial score (nSPS) is 28.4. The molecule has 2 rings (SSSR count). The first-order valence-corrected chi connectivity index (χ1v) is 7.94. The second-order valence-corrected chi connectivity index (χ2v) is 5.55. The second kappa shape index (κ2) is 8.60. The Kier molecular flexibility index (Phi) is 6.79. The first-order chi connectivity index (χ1) is 10.7. The monoisotopic (exact) mass is 310 g/mol. The highest BCUT2D eigenvalue weighted by Gasteiger charge is 2.45. The molecule has 1 fully saturated rings. The van der Waals surface area contributed by atoms with Gasteiger partial charge in [0.25, 0.3) is 0 Å². The number of aliphatic hydroxyl groups is 2. The lowest BCUT2D eigenvalue weighted by Gasteiger charge is -2.25. The molecule has 0 aromatic heterocycles. The summed E-state index contributed by atoms with van der Waals surface area (Å²) in [6.07, 6.45) is -1.04. The van der Waals surface area contributed by atoms with Gasteiger partial charge in [-0.25, -0.2) is 0 Å². The summed E-state index contributed by atoms with van der Waals surface area (Å²) in [5.74, 6) is 0. The molecule has 22 heavy (non-hydrogen) atoms. The molecule has 1 aromatic carbocycles. The molecule has 124 valence electrons. The van der Waals surface area contributed by atoms with Crippen molar-refractivity contribution in [1.29, 1.82) is 0 Å². The molecule has 1 heterocycles. The summed E-state index contributed by atoms with van der Waals surface area (Å²) < 4.78 is 17.3. The molecule has 1 aliphatic rings. The lowest BCUT2D eigenvalue weighted by Crippen LogP contribution is -2.39. The van der Waals surface area contributed by atoms with Crippen molar-refractivity contribution in [1.82, 2.24) is 0 Å². The van der Waals surface area contributed by atoms with Crippen LogP contribution in [0.5, 0.6) is 0 Å². The predicted molar refractivity (Wildman–Crippen MR) is 82.2 cm³/mol. The van der Waals surface area contributed by atoms with Crippen LogP contribution in [0.4, 0.5) is 0 Å². The minimum atomic E-state index is -0.883. The van der Waals surface area contributed by atoms with Gasteiger partial charge in [-0.2, -0.15) is 0 Å². The number of aliphatic hydroxyl groups excluding tert-OH is 2. The molecule has 0 saturated carbocycles. The molecule has 1 aliphatic heterocycles. The molecule has 0 radical (unpaired) electrons. The molecule has 0 amide bonds. The summed E-state index contributed by atoms with van der Waals surface area (Å²) in [5.41, 5.74) is 1.02. The fraction of sp³-hybridized carbons (Fsp3) is 0.647. The standard InChI is InChI=1S/C17H26O5/c1-3-13(4-2)21-16-15(19)14(10-18)22-17(16)20-11-12-8-6-5-7-9-12/h5-9,13-19H,3-4,10-11H2,1-2H3/t14-,15+,16+,17+/m1/s1. The van der Waals surface area contributed by atoms with Gasteiger partial charge in [0.15, 0.2) is 6.29 Å². The SMILES string of the molecule is CCC(CC)O[C@@H]1[C@@H](OCc2ccccc2)O[C@H](CO)[C@@H]1O. The van der Waals surface area contributed by atoms with Gasteiger partial charge < -0.3 is 24.4 Å². The van der Waals surface area contributed by atoms with Crippen molar-refractivity contribution in [3.05, 3.63) is 35.9 Å². The van der Waals surface area contributed by atoms with Gasteiger partial charge in [-0.3, -0.25) is 0 Å². The fourth-order valence-corrected chi connectivity index (χ4v) is 2.59. The van der Waals surface area contributed by atoms with E-state index < -0.39 is 24.6 Å². The third-order valence-electron chi connectivity index (χ3n) is 3.99. The largest absolute Gasteiger partial charge is 0.394 e. The Morgan fingerprint density at radius 3 is 2.45 bits per heavy atom. The molecule has 2 N–H and O–H groups in total. The van der Waals surface area contributed by atoms with Crippen LogP contribution in [0, 0.1) is 0 Å². The number of ether oxygens (including phenoxy) is 3. The van der Waals surface area contributed by atoms with Crippen LogP contribution in [-0.2, 0) is 20.8 Å². The zero-order valence-electron chi connectivity index (χ0n) is 13.2. The predicted octanol–water partition coefficient (Wildman–Crippen LogP) is 1.86. The number of rotatable bonds is 8. The highest BCUT2D eigenvalue weighted by Crippen LogP contribution is 2.27. The van der Waals surface area contributed by atoms with E-state index >= 15 is 0 Å². The number of hydrogen-bond acceptors (Lipinski definition) is 5. The van der Waals surface area contributed by atoms with E-state index in [4.69, 9.17) is 14.2 Å². The summed E-state index contributed by atoms with van der Waals surface area (Å²) in [6.45, 7) is 4.20. The second-order valence-electron chi connectivity index (χ2n) is 5.55.